The lowest BCUT2D eigenvalue weighted by Crippen LogP contribution is -2.28. The average molecular weight is 478 g/mol. The lowest BCUT2D eigenvalue weighted by Gasteiger charge is -2.19. The van der Waals surface area contributed by atoms with Crippen molar-refractivity contribution < 1.29 is 4.57 Å². The molecule has 0 spiro atoms. The number of nitrogens with zero attached hydrogens (tertiary/aromatic N) is 2. The van der Waals surface area contributed by atoms with Gasteiger partial charge in [-0.3, -0.25) is 0 Å². The molecule has 0 saturated heterocycles. The lowest BCUT2D eigenvalue weighted by molar-refractivity contribution is -0.642. The maximum absolute atomic E-state index is 2.40. The molecule has 3 aromatic rings. The number of aromatic nitrogens is 1. The Bertz CT molecular complexity index is 986. The van der Waals surface area contributed by atoms with E-state index in [2.05, 4.69) is 91.2 Å². The van der Waals surface area contributed by atoms with Crippen LogP contribution in [0.25, 0.3) is 22.4 Å². The molecule has 1 heterocycles. The zero-order chi connectivity index (χ0) is 24.0. The van der Waals surface area contributed by atoms with Gasteiger partial charge in [0.25, 0.3) is 5.01 Å². The van der Waals surface area contributed by atoms with Gasteiger partial charge in [-0.15, -0.1) is 0 Å². The van der Waals surface area contributed by atoms with Gasteiger partial charge in [-0.25, -0.2) is 0 Å². The minimum Gasteiger partial charge on any atom is -0.375 e. The number of thiazole rings is 1. The van der Waals surface area contributed by atoms with E-state index in [4.69, 9.17) is 0 Å². The summed E-state index contributed by atoms with van der Waals surface area (Å²) in [5.41, 5.74) is 3.86. The van der Waals surface area contributed by atoms with E-state index in [1.54, 1.807) is 0 Å². The molecule has 3 heteroatoms. The van der Waals surface area contributed by atoms with Crippen LogP contribution < -0.4 is 9.47 Å². The summed E-state index contributed by atoms with van der Waals surface area (Å²) in [6.45, 7) is 3.44. The minimum absolute atomic E-state index is 1.14. The minimum atomic E-state index is 1.14. The fourth-order valence-corrected chi connectivity index (χ4v) is 5.65. The Morgan fingerprint density at radius 2 is 1.32 bits per heavy atom. The van der Waals surface area contributed by atoms with Crippen molar-refractivity contribution in [2.75, 3.05) is 18.5 Å². The number of rotatable bonds is 16. The molecule has 0 saturated carbocycles. The molecule has 0 unspecified atom stereocenters. The summed E-state index contributed by atoms with van der Waals surface area (Å²) in [7, 11) is 4.37. The first kappa shape index (κ1) is 26.5. The van der Waals surface area contributed by atoms with Crippen LogP contribution in [0.5, 0.6) is 0 Å². The van der Waals surface area contributed by atoms with E-state index < -0.39 is 0 Å². The second kappa shape index (κ2) is 15.0. The van der Waals surface area contributed by atoms with Crippen LogP contribution in [0.4, 0.5) is 5.69 Å². The van der Waals surface area contributed by atoms with Crippen LogP contribution in [0.2, 0.25) is 0 Å². The molecule has 0 atom stereocenters. The van der Waals surface area contributed by atoms with Gasteiger partial charge in [0.05, 0.1) is 0 Å². The van der Waals surface area contributed by atoms with E-state index in [9.17, 15) is 0 Å². The zero-order valence-electron chi connectivity index (χ0n) is 21.8. The summed E-state index contributed by atoms with van der Waals surface area (Å²) in [6.07, 6.45) is 21.3. The maximum Gasteiger partial charge on any atom is 0.262 e. The van der Waals surface area contributed by atoms with Crippen molar-refractivity contribution in [2.45, 2.75) is 84.0 Å². The van der Waals surface area contributed by atoms with E-state index in [0.29, 0.717) is 0 Å². The Kier molecular flexibility index (Phi) is 11.7. The van der Waals surface area contributed by atoms with Gasteiger partial charge in [0.15, 0.2) is 0 Å². The van der Waals surface area contributed by atoms with Gasteiger partial charge in [-0.2, -0.15) is 4.57 Å². The molecule has 34 heavy (non-hydrogen) atoms. The van der Waals surface area contributed by atoms with Crippen molar-refractivity contribution in [3.63, 3.8) is 0 Å². The molecule has 0 aliphatic carbocycles. The lowest BCUT2D eigenvalue weighted by atomic mass is 10.1. The molecule has 184 valence electrons. The summed E-state index contributed by atoms with van der Waals surface area (Å²) in [6, 6.07) is 17.6. The normalized spacial score (nSPS) is 11.6. The van der Waals surface area contributed by atoms with Crippen molar-refractivity contribution in [1.29, 1.82) is 0 Å². The Balaban J connectivity index is 1.31. The number of aryl methyl sites for hydroxylation is 1. The van der Waals surface area contributed by atoms with Gasteiger partial charge in [0.1, 0.15) is 11.7 Å². The number of anilines is 1. The van der Waals surface area contributed by atoms with Crippen molar-refractivity contribution in [3.05, 3.63) is 59.1 Å². The smallest absolute Gasteiger partial charge is 0.262 e. The van der Waals surface area contributed by atoms with Gasteiger partial charge in [0, 0.05) is 31.4 Å². The van der Waals surface area contributed by atoms with E-state index in [0.717, 1.165) is 6.54 Å². The van der Waals surface area contributed by atoms with E-state index in [1.165, 1.54) is 104 Å². The first-order valence-electron chi connectivity index (χ1n) is 13.6. The average Bonchev–Trinajstić information content (AvgIpc) is 3.19. The van der Waals surface area contributed by atoms with Crippen LogP contribution in [-0.2, 0) is 7.05 Å². The zero-order valence-corrected chi connectivity index (χ0v) is 22.6. The maximum atomic E-state index is 2.40. The molecule has 0 aliphatic heterocycles. The van der Waals surface area contributed by atoms with Gasteiger partial charge in [0.2, 0.25) is 5.52 Å². The Morgan fingerprint density at radius 3 is 1.94 bits per heavy atom. The summed E-state index contributed by atoms with van der Waals surface area (Å²) in [5.74, 6) is 0. The Hall–Kier alpha value is -2.13. The van der Waals surface area contributed by atoms with Crippen LogP contribution in [0, 0.1) is 0 Å². The molecule has 0 radical (unpaired) electrons. The highest BCUT2D eigenvalue weighted by Crippen LogP contribution is 2.22. The molecule has 2 nitrogen and oxygen atoms in total. The molecule has 0 N–H and O–H groups in total. The first-order valence-corrected chi connectivity index (χ1v) is 14.4. The Labute approximate surface area is 212 Å². The molecule has 0 aliphatic rings. The van der Waals surface area contributed by atoms with Crippen LogP contribution in [-0.4, -0.2) is 13.6 Å². The number of benzene rings is 2. The van der Waals surface area contributed by atoms with Crippen molar-refractivity contribution in [1.82, 2.24) is 0 Å². The fraction of sp³-hybridized carbons (Fsp3) is 0.516. The third-order valence-electron chi connectivity index (χ3n) is 6.87. The van der Waals surface area contributed by atoms with Crippen LogP contribution in [0.1, 0.15) is 94.5 Å². The largest absolute Gasteiger partial charge is 0.375 e. The quantitative estimate of drug-likeness (QED) is 0.147. The number of hydrogen-bond donors (Lipinski definition) is 0. The summed E-state index contributed by atoms with van der Waals surface area (Å²) in [4.78, 5) is 2.40. The van der Waals surface area contributed by atoms with Gasteiger partial charge in [-0.05, 0) is 36.3 Å². The second-order valence-electron chi connectivity index (χ2n) is 9.70. The third kappa shape index (κ3) is 8.58. The molecule has 1 aromatic heterocycles. The SMILES string of the molecule is CCCCCCCCCCCCCCN(C)c1ccc(/C=C/c2sc3ccccc3[n+]2C)cc1. The van der Waals surface area contributed by atoms with Gasteiger partial charge < -0.3 is 4.90 Å². The predicted octanol–water partition coefficient (Wildman–Crippen LogP) is 9.03. The molecule has 2 aromatic carbocycles. The molecule has 3 rings (SSSR count). The number of para-hydroxylation sites is 1. The molecular weight excluding hydrogens is 432 g/mol. The van der Waals surface area contributed by atoms with E-state index in [-0.39, 0.29) is 0 Å². The summed E-state index contributed by atoms with van der Waals surface area (Å²) >= 11 is 1.84. The number of fused-ring (bicyclic) bond motifs is 1. The van der Waals surface area contributed by atoms with Crippen LogP contribution in [0.3, 0.4) is 0 Å². The highest BCUT2D eigenvalue weighted by Gasteiger charge is 2.13. The monoisotopic (exact) mass is 477 g/mol. The predicted molar refractivity (Wildman–Crippen MR) is 153 cm³/mol. The van der Waals surface area contributed by atoms with Crippen LogP contribution >= 0.6 is 11.3 Å². The van der Waals surface area contributed by atoms with Crippen molar-refractivity contribution in [2.24, 2.45) is 7.05 Å². The standard InChI is InChI=1S/C31H45N2S/c1-4-5-6-7-8-9-10-11-12-13-14-17-26-32(2)28-23-20-27(21-24-28)22-25-31-33(3)29-18-15-16-19-30(29)34-31/h15-16,18-25H,4-14,17,26H2,1-3H3/q+1. The van der Waals surface area contributed by atoms with Crippen LogP contribution in [0.15, 0.2) is 48.5 Å². The van der Waals surface area contributed by atoms with E-state index in [1.807, 2.05) is 11.3 Å². The topological polar surface area (TPSA) is 7.12 Å². The molecule has 0 amide bonds. The summed E-state index contributed by atoms with van der Waals surface area (Å²) in [5, 5.41) is 1.27. The Morgan fingerprint density at radius 1 is 0.735 bits per heavy atom. The third-order valence-corrected chi connectivity index (χ3v) is 8.06. The van der Waals surface area contributed by atoms with Crippen molar-refractivity contribution in [3.8, 4) is 0 Å². The number of unbranched alkanes of at least 4 members (excludes halogenated alkanes) is 11. The van der Waals surface area contributed by atoms with Crippen molar-refractivity contribution >= 4 is 39.4 Å². The molecular formula is C31H45N2S+. The van der Waals surface area contributed by atoms with Gasteiger partial charge >= 0.3 is 0 Å². The highest BCUT2D eigenvalue weighted by molar-refractivity contribution is 7.18. The first-order chi connectivity index (χ1) is 16.7. The summed E-state index contributed by atoms with van der Waals surface area (Å²) < 4.78 is 3.60. The molecule has 0 bridgehead atoms. The number of hydrogen-bond acceptors (Lipinski definition) is 2. The second-order valence-corrected chi connectivity index (χ2v) is 10.8. The van der Waals surface area contributed by atoms with E-state index >= 15 is 0 Å². The van der Waals surface area contributed by atoms with Gasteiger partial charge in [-0.1, -0.05) is 113 Å². The highest BCUT2D eigenvalue weighted by atomic mass is 32.1. The fourth-order valence-electron chi connectivity index (χ4n) is 4.59. The molecule has 0 fully saturated rings.